The van der Waals surface area contributed by atoms with Crippen LogP contribution in [0.4, 0.5) is 5.82 Å². The Morgan fingerprint density at radius 2 is 2.15 bits per heavy atom. The second-order valence-electron chi connectivity index (χ2n) is 6.41. The number of hydrogen-bond acceptors (Lipinski definition) is 8. The quantitative estimate of drug-likeness (QED) is 0.697. The lowest BCUT2D eigenvalue weighted by molar-refractivity contribution is 0.0697. The zero-order chi connectivity index (χ0) is 18.8. The zero-order valence-corrected chi connectivity index (χ0v) is 14.4. The lowest BCUT2D eigenvalue weighted by atomic mass is 10.1. The molecule has 1 aromatic carbocycles. The van der Waals surface area contributed by atoms with Gasteiger partial charge >= 0.3 is 5.97 Å². The van der Waals surface area contributed by atoms with Gasteiger partial charge < -0.3 is 15.4 Å². The van der Waals surface area contributed by atoms with E-state index in [1.807, 2.05) is 12.1 Å². The first-order valence-corrected chi connectivity index (χ1v) is 8.57. The van der Waals surface area contributed by atoms with Gasteiger partial charge in [0.15, 0.2) is 0 Å². The second-order valence-corrected chi connectivity index (χ2v) is 6.41. The summed E-state index contributed by atoms with van der Waals surface area (Å²) in [7, 11) is 0. The monoisotopic (exact) mass is 366 g/mol. The fraction of sp³-hybridized carbons (Fsp3) is 0.278. The Labute approximate surface area is 154 Å². The summed E-state index contributed by atoms with van der Waals surface area (Å²) in [4.78, 5) is 25.6. The number of carboxylic acid groups (broad SMARTS) is 1. The smallest absolute Gasteiger partial charge is 0.335 e. The molecule has 1 atom stereocenters. The molecule has 0 spiro atoms. The number of carbonyl (C=O) groups is 1. The van der Waals surface area contributed by atoms with Crippen LogP contribution in [0.15, 0.2) is 41.3 Å². The van der Waals surface area contributed by atoms with Crippen molar-refractivity contribution in [2.45, 2.75) is 25.4 Å². The first kappa shape index (κ1) is 17.1. The van der Waals surface area contributed by atoms with E-state index in [0.29, 0.717) is 29.6 Å². The molecule has 0 radical (unpaired) electrons. The Hall–Kier alpha value is -3.33. The van der Waals surface area contributed by atoms with Crippen LogP contribution < -0.4 is 5.73 Å². The SMILES string of the molecule is Nc1ncncc1-c1noc([C@@H]2CCCN2Cc2ccc(C(=O)O)cc2)n1. The highest BCUT2D eigenvalue weighted by molar-refractivity contribution is 5.87. The Morgan fingerprint density at radius 1 is 1.33 bits per heavy atom. The maximum Gasteiger partial charge on any atom is 0.335 e. The van der Waals surface area contributed by atoms with Crippen molar-refractivity contribution < 1.29 is 14.4 Å². The predicted molar refractivity (Wildman–Crippen MR) is 95.5 cm³/mol. The lowest BCUT2D eigenvalue weighted by Gasteiger charge is -2.21. The van der Waals surface area contributed by atoms with E-state index in [2.05, 4.69) is 25.0 Å². The van der Waals surface area contributed by atoms with Crippen LogP contribution in [0, 0.1) is 0 Å². The minimum Gasteiger partial charge on any atom is -0.478 e. The van der Waals surface area contributed by atoms with Crippen LogP contribution >= 0.6 is 0 Å². The van der Waals surface area contributed by atoms with E-state index >= 15 is 0 Å². The van der Waals surface area contributed by atoms with Gasteiger partial charge in [-0.3, -0.25) is 4.90 Å². The number of benzene rings is 1. The van der Waals surface area contributed by atoms with E-state index in [4.69, 9.17) is 15.4 Å². The largest absolute Gasteiger partial charge is 0.478 e. The van der Waals surface area contributed by atoms with Gasteiger partial charge in [-0.1, -0.05) is 17.3 Å². The maximum atomic E-state index is 11.0. The van der Waals surface area contributed by atoms with E-state index in [1.165, 1.54) is 6.33 Å². The van der Waals surface area contributed by atoms with Crippen LogP contribution in [-0.4, -0.2) is 42.6 Å². The number of carboxylic acids is 1. The molecule has 3 N–H and O–H groups in total. The molecule has 3 aromatic rings. The fourth-order valence-electron chi connectivity index (χ4n) is 3.27. The van der Waals surface area contributed by atoms with Gasteiger partial charge in [0, 0.05) is 12.7 Å². The first-order valence-electron chi connectivity index (χ1n) is 8.57. The number of nitrogens with zero attached hydrogens (tertiary/aromatic N) is 5. The van der Waals surface area contributed by atoms with E-state index in [1.54, 1.807) is 18.3 Å². The molecule has 138 valence electrons. The molecule has 0 unspecified atom stereocenters. The number of nitrogens with two attached hydrogens (primary N) is 1. The van der Waals surface area contributed by atoms with Gasteiger partial charge in [-0.05, 0) is 37.1 Å². The van der Waals surface area contributed by atoms with Gasteiger partial charge in [0.1, 0.15) is 12.1 Å². The summed E-state index contributed by atoms with van der Waals surface area (Å²) in [6.07, 6.45) is 4.86. The van der Waals surface area contributed by atoms with E-state index in [9.17, 15) is 4.79 Å². The van der Waals surface area contributed by atoms with Crippen molar-refractivity contribution in [2.24, 2.45) is 0 Å². The average Bonchev–Trinajstić information content (AvgIpc) is 3.32. The highest BCUT2D eigenvalue weighted by Gasteiger charge is 2.31. The topological polar surface area (TPSA) is 131 Å². The molecule has 1 aliphatic heterocycles. The van der Waals surface area contributed by atoms with Crippen molar-refractivity contribution in [3.05, 3.63) is 53.8 Å². The Morgan fingerprint density at radius 3 is 2.89 bits per heavy atom. The summed E-state index contributed by atoms with van der Waals surface area (Å²) in [6, 6.07) is 6.91. The molecular weight excluding hydrogens is 348 g/mol. The van der Waals surface area contributed by atoms with Gasteiger partial charge in [-0.25, -0.2) is 14.8 Å². The van der Waals surface area contributed by atoms with E-state index in [0.717, 1.165) is 24.9 Å². The van der Waals surface area contributed by atoms with E-state index in [-0.39, 0.29) is 11.6 Å². The zero-order valence-electron chi connectivity index (χ0n) is 14.4. The summed E-state index contributed by atoms with van der Waals surface area (Å²) in [6.45, 7) is 1.58. The Balaban J connectivity index is 1.52. The summed E-state index contributed by atoms with van der Waals surface area (Å²) >= 11 is 0. The molecule has 9 nitrogen and oxygen atoms in total. The minimum atomic E-state index is -0.928. The van der Waals surface area contributed by atoms with Crippen LogP contribution in [0.5, 0.6) is 0 Å². The fourth-order valence-corrected chi connectivity index (χ4v) is 3.27. The summed E-state index contributed by atoms with van der Waals surface area (Å²) in [5, 5.41) is 13.0. The number of aromatic carboxylic acids is 1. The van der Waals surface area contributed by atoms with Crippen LogP contribution in [0.1, 0.15) is 40.7 Å². The molecule has 0 saturated carbocycles. The first-order chi connectivity index (χ1) is 13.1. The Kier molecular flexibility index (Phi) is 4.51. The summed E-state index contributed by atoms with van der Waals surface area (Å²) < 4.78 is 5.48. The number of hydrogen-bond donors (Lipinski definition) is 2. The highest BCUT2D eigenvalue weighted by atomic mass is 16.5. The maximum absolute atomic E-state index is 11.0. The van der Waals surface area contributed by atoms with Crippen LogP contribution in [0.3, 0.4) is 0 Å². The van der Waals surface area contributed by atoms with Crippen molar-refractivity contribution in [3.8, 4) is 11.4 Å². The molecule has 4 rings (SSSR count). The van der Waals surface area contributed by atoms with E-state index < -0.39 is 5.97 Å². The Bertz CT molecular complexity index is 956. The number of anilines is 1. The van der Waals surface area contributed by atoms with Gasteiger partial charge in [-0.2, -0.15) is 4.98 Å². The van der Waals surface area contributed by atoms with Gasteiger partial charge in [0.25, 0.3) is 0 Å². The third-order valence-corrected chi connectivity index (χ3v) is 4.66. The van der Waals surface area contributed by atoms with Gasteiger partial charge in [0.2, 0.25) is 11.7 Å². The van der Waals surface area contributed by atoms with Crippen molar-refractivity contribution in [1.82, 2.24) is 25.0 Å². The summed E-state index contributed by atoms with van der Waals surface area (Å²) in [5.74, 6) is 0.288. The third-order valence-electron chi connectivity index (χ3n) is 4.66. The molecule has 0 amide bonds. The molecule has 1 fully saturated rings. The standard InChI is InChI=1S/C18H18N6O3/c19-15-13(8-20-10-21-15)16-22-17(27-23-16)14-2-1-7-24(14)9-11-3-5-12(6-4-11)18(25)26/h3-6,8,10,14H,1-2,7,9H2,(H,25,26)(H2,19,20,21)/t14-/m0/s1. The van der Waals surface area contributed by atoms with Gasteiger partial charge in [0.05, 0.1) is 17.2 Å². The van der Waals surface area contributed by atoms with Crippen molar-refractivity contribution in [3.63, 3.8) is 0 Å². The summed E-state index contributed by atoms with van der Waals surface area (Å²) in [5.41, 5.74) is 7.71. The predicted octanol–water partition coefficient (Wildman–Crippen LogP) is 2.14. The second kappa shape index (κ2) is 7.12. The molecule has 3 heterocycles. The third kappa shape index (κ3) is 3.49. The highest BCUT2D eigenvalue weighted by Crippen LogP contribution is 2.33. The number of rotatable bonds is 5. The number of likely N-dealkylation sites (tertiary alicyclic amines) is 1. The van der Waals surface area contributed by atoms with Crippen molar-refractivity contribution in [2.75, 3.05) is 12.3 Å². The van der Waals surface area contributed by atoms with Crippen LogP contribution in [0.2, 0.25) is 0 Å². The molecule has 2 aromatic heterocycles. The van der Waals surface area contributed by atoms with Crippen molar-refractivity contribution >= 4 is 11.8 Å². The molecule has 9 heteroatoms. The van der Waals surface area contributed by atoms with Crippen LogP contribution in [-0.2, 0) is 6.54 Å². The molecule has 1 saturated heterocycles. The minimum absolute atomic E-state index is 0.0104. The van der Waals surface area contributed by atoms with Crippen molar-refractivity contribution in [1.29, 1.82) is 0 Å². The number of aromatic nitrogens is 4. The normalized spacial score (nSPS) is 17.3. The molecule has 0 bridgehead atoms. The molecule has 0 aliphatic carbocycles. The molecular formula is C18H18N6O3. The number of nitrogen functional groups attached to an aromatic ring is 1. The average molecular weight is 366 g/mol. The van der Waals surface area contributed by atoms with Gasteiger partial charge in [-0.15, -0.1) is 0 Å². The lowest BCUT2D eigenvalue weighted by Crippen LogP contribution is -2.23. The molecule has 1 aliphatic rings. The molecule has 27 heavy (non-hydrogen) atoms. The van der Waals surface area contributed by atoms with Crippen LogP contribution in [0.25, 0.3) is 11.4 Å².